The summed E-state index contributed by atoms with van der Waals surface area (Å²) in [6.45, 7) is 9.59. The zero-order valence-corrected chi connectivity index (χ0v) is 10.2. The Hall–Kier alpha value is -0.770. The maximum Gasteiger partial charge on any atom is 0.208 e. The summed E-state index contributed by atoms with van der Waals surface area (Å²) in [5, 5.41) is 0. The van der Waals surface area contributed by atoms with Crippen molar-refractivity contribution in [1.82, 2.24) is 10.3 Å². The van der Waals surface area contributed by atoms with Gasteiger partial charge in [0, 0.05) is 19.6 Å². The molecule has 0 spiro atoms. The van der Waals surface area contributed by atoms with Gasteiger partial charge in [0.1, 0.15) is 0 Å². The van der Waals surface area contributed by atoms with E-state index in [2.05, 4.69) is 36.1 Å². The first-order valence-corrected chi connectivity index (χ1v) is 5.89. The number of nitrogens with zero attached hydrogens (tertiary/aromatic N) is 2. The molecule has 1 heterocycles. The van der Waals surface area contributed by atoms with Gasteiger partial charge in [-0.25, -0.2) is 5.84 Å². The lowest BCUT2D eigenvalue weighted by molar-refractivity contribution is 0.265. The first-order valence-electron chi connectivity index (χ1n) is 5.89. The van der Waals surface area contributed by atoms with Gasteiger partial charge in [0.15, 0.2) is 0 Å². The average molecular weight is 212 g/mol. The highest BCUT2D eigenvalue weighted by Crippen LogP contribution is 2.15. The van der Waals surface area contributed by atoms with Gasteiger partial charge < -0.3 is 4.90 Å². The van der Waals surface area contributed by atoms with E-state index in [0.717, 1.165) is 31.5 Å². The number of piperidine rings is 1. The van der Waals surface area contributed by atoms with Crippen molar-refractivity contribution in [3.63, 3.8) is 0 Å². The highest BCUT2D eigenvalue weighted by atomic mass is 15.4. The first-order chi connectivity index (χ1) is 7.13. The van der Waals surface area contributed by atoms with Crippen LogP contribution in [0.2, 0.25) is 0 Å². The molecule has 1 aliphatic heterocycles. The Kier molecular flexibility index (Phi) is 4.88. The average Bonchev–Trinajstić information content (AvgIpc) is 2.18. The van der Waals surface area contributed by atoms with Crippen molar-refractivity contribution in [2.24, 2.45) is 22.7 Å². The molecule has 0 saturated carbocycles. The Morgan fingerprint density at radius 1 is 1.60 bits per heavy atom. The molecule has 4 heteroatoms. The van der Waals surface area contributed by atoms with Gasteiger partial charge in [-0.1, -0.05) is 20.8 Å². The SMILES string of the molecule is CC(C)CN=C(NN)N1CCCC(C)C1. The fraction of sp³-hybridized carbons (Fsp3) is 0.909. The summed E-state index contributed by atoms with van der Waals surface area (Å²) >= 11 is 0. The van der Waals surface area contributed by atoms with E-state index in [4.69, 9.17) is 5.84 Å². The minimum Gasteiger partial charge on any atom is -0.342 e. The lowest BCUT2D eigenvalue weighted by Gasteiger charge is -2.33. The summed E-state index contributed by atoms with van der Waals surface area (Å²) in [6.07, 6.45) is 2.56. The second-order valence-electron chi connectivity index (χ2n) is 4.90. The van der Waals surface area contributed by atoms with E-state index < -0.39 is 0 Å². The smallest absolute Gasteiger partial charge is 0.208 e. The summed E-state index contributed by atoms with van der Waals surface area (Å²) in [5.41, 5.74) is 2.72. The number of rotatable bonds is 2. The molecule has 1 aliphatic rings. The Labute approximate surface area is 92.9 Å². The van der Waals surface area contributed by atoms with E-state index in [1.54, 1.807) is 0 Å². The summed E-state index contributed by atoms with van der Waals surface area (Å²) in [4.78, 5) is 6.77. The van der Waals surface area contributed by atoms with Crippen LogP contribution >= 0.6 is 0 Å². The van der Waals surface area contributed by atoms with Gasteiger partial charge in [0.25, 0.3) is 0 Å². The number of aliphatic imine (C=N–C) groups is 1. The molecule has 4 nitrogen and oxygen atoms in total. The third-order valence-corrected chi connectivity index (χ3v) is 2.69. The van der Waals surface area contributed by atoms with Crippen molar-refractivity contribution in [3.05, 3.63) is 0 Å². The van der Waals surface area contributed by atoms with E-state index in [9.17, 15) is 0 Å². The van der Waals surface area contributed by atoms with Gasteiger partial charge in [0.2, 0.25) is 5.96 Å². The molecule has 88 valence electrons. The molecule has 0 aromatic rings. The molecule has 0 bridgehead atoms. The van der Waals surface area contributed by atoms with Gasteiger partial charge in [-0.3, -0.25) is 10.4 Å². The Bertz CT molecular complexity index is 213. The van der Waals surface area contributed by atoms with Gasteiger partial charge in [-0.15, -0.1) is 0 Å². The summed E-state index contributed by atoms with van der Waals surface area (Å²) in [5.74, 6) is 7.70. The molecule has 1 fully saturated rings. The molecule has 1 atom stereocenters. The van der Waals surface area contributed by atoms with E-state index in [1.165, 1.54) is 12.8 Å². The van der Waals surface area contributed by atoms with Crippen LogP contribution in [0.15, 0.2) is 4.99 Å². The predicted molar refractivity (Wildman–Crippen MR) is 64.4 cm³/mol. The van der Waals surface area contributed by atoms with E-state index in [1.807, 2.05) is 0 Å². The number of nitrogens with one attached hydrogen (secondary N) is 1. The van der Waals surface area contributed by atoms with Gasteiger partial charge in [-0.05, 0) is 24.7 Å². The highest BCUT2D eigenvalue weighted by Gasteiger charge is 2.18. The standard InChI is InChI=1S/C11H24N4/c1-9(2)7-13-11(14-12)15-6-4-5-10(3)8-15/h9-10H,4-8,12H2,1-3H3,(H,13,14). The summed E-state index contributed by atoms with van der Waals surface area (Å²) in [7, 11) is 0. The van der Waals surface area contributed by atoms with Crippen molar-refractivity contribution in [2.45, 2.75) is 33.6 Å². The topological polar surface area (TPSA) is 53.6 Å². The van der Waals surface area contributed by atoms with Gasteiger partial charge in [-0.2, -0.15) is 0 Å². The van der Waals surface area contributed by atoms with Crippen molar-refractivity contribution < 1.29 is 0 Å². The number of hydrogen-bond donors (Lipinski definition) is 2. The van der Waals surface area contributed by atoms with E-state index >= 15 is 0 Å². The van der Waals surface area contributed by atoms with Crippen LogP contribution in [0.5, 0.6) is 0 Å². The second-order valence-corrected chi connectivity index (χ2v) is 4.90. The van der Waals surface area contributed by atoms with Crippen molar-refractivity contribution >= 4 is 5.96 Å². The monoisotopic (exact) mass is 212 g/mol. The maximum atomic E-state index is 5.51. The largest absolute Gasteiger partial charge is 0.342 e. The second kappa shape index (κ2) is 5.95. The van der Waals surface area contributed by atoms with Crippen LogP contribution in [-0.4, -0.2) is 30.5 Å². The number of likely N-dealkylation sites (tertiary alicyclic amines) is 1. The molecule has 1 rings (SSSR count). The van der Waals surface area contributed by atoms with Crippen molar-refractivity contribution in [1.29, 1.82) is 0 Å². The van der Waals surface area contributed by atoms with Crippen LogP contribution in [0.1, 0.15) is 33.6 Å². The molecule has 0 radical (unpaired) electrons. The fourth-order valence-electron chi connectivity index (χ4n) is 1.89. The number of nitrogens with two attached hydrogens (primary N) is 1. The Morgan fingerprint density at radius 3 is 2.87 bits per heavy atom. The Balaban J connectivity index is 2.52. The third kappa shape index (κ3) is 4.08. The zero-order chi connectivity index (χ0) is 11.3. The van der Waals surface area contributed by atoms with Crippen LogP contribution in [0.3, 0.4) is 0 Å². The molecule has 1 unspecified atom stereocenters. The number of hydrazine groups is 1. The molecule has 0 aromatic heterocycles. The third-order valence-electron chi connectivity index (χ3n) is 2.69. The van der Waals surface area contributed by atoms with Crippen molar-refractivity contribution in [2.75, 3.05) is 19.6 Å². The predicted octanol–water partition coefficient (Wildman–Crippen LogP) is 1.19. The zero-order valence-electron chi connectivity index (χ0n) is 10.2. The lowest BCUT2D eigenvalue weighted by Crippen LogP contribution is -2.48. The summed E-state index contributed by atoms with van der Waals surface area (Å²) in [6, 6.07) is 0. The molecule has 1 saturated heterocycles. The molecule has 0 aliphatic carbocycles. The van der Waals surface area contributed by atoms with Gasteiger partial charge >= 0.3 is 0 Å². The molecule has 3 N–H and O–H groups in total. The van der Waals surface area contributed by atoms with Crippen LogP contribution in [0.25, 0.3) is 0 Å². The number of hydrogen-bond acceptors (Lipinski definition) is 2. The van der Waals surface area contributed by atoms with Gasteiger partial charge in [0.05, 0.1) is 0 Å². The molecule has 0 aromatic carbocycles. The normalized spacial score (nSPS) is 23.4. The minimum atomic E-state index is 0.579. The summed E-state index contributed by atoms with van der Waals surface area (Å²) < 4.78 is 0. The van der Waals surface area contributed by atoms with Crippen LogP contribution < -0.4 is 11.3 Å². The maximum absolute atomic E-state index is 5.51. The molecular formula is C11H24N4. The van der Waals surface area contributed by atoms with Crippen LogP contribution in [-0.2, 0) is 0 Å². The van der Waals surface area contributed by atoms with Crippen LogP contribution in [0.4, 0.5) is 0 Å². The highest BCUT2D eigenvalue weighted by molar-refractivity contribution is 5.79. The van der Waals surface area contributed by atoms with Crippen molar-refractivity contribution in [3.8, 4) is 0 Å². The molecule has 15 heavy (non-hydrogen) atoms. The first kappa shape index (κ1) is 12.3. The minimum absolute atomic E-state index is 0.579. The van der Waals surface area contributed by atoms with Crippen LogP contribution in [0, 0.1) is 11.8 Å². The number of guanidine groups is 1. The molecule has 0 amide bonds. The van der Waals surface area contributed by atoms with E-state index in [0.29, 0.717) is 5.92 Å². The molecular weight excluding hydrogens is 188 g/mol. The fourth-order valence-corrected chi connectivity index (χ4v) is 1.89. The quantitative estimate of drug-likeness (QED) is 0.313. The van der Waals surface area contributed by atoms with E-state index in [-0.39, 0.29) is 0 Å². The lowest BCUT2D eigenvalue weighted by atomic mass is 10.0. The Morgan fingerprint density at radius 2 is 2.33 bits per heavy atom.